The number of para-hydroxylation sites is 1. The van der Waals surface area contributed by atoms with E-state index in [1.165, 1.54) is 4.90 Å². The predicted octanol–water partition coefficient (Wildman–Crippen LogP) is 2.39. The molecular formula is C19H20N2O4. The number of rotatable bonds is 6. The molecule has 6 heteroatoms. The predicted molar refractivity (Wildman–Crippen MR) is 92.8 cm³/mol. The van der Waals surface area contributed by atoms with Crippen molar-refractivity contribution in [1.82, 2.24) is 9.80 Å². The van der Waals surface area contributed by atoms with Crippen LogP contribution in [-0.2, 0) is 6.54 Å². The highest BCUT2D eigenvalue weighted by Crippen LogP contribution is 2.31. The molecule has 0 radical (unpaired) electrons. The molecule has 0 fully saturated rings. The van der Waals surface area contributed by atoms with Gasteiger partial charge in [0.05, 0.1) is 32.0 Å². The molecule has 0 saturated carbocycles. The van der Waals surface area contributed by atoms with Gasteiger partial charge in [0.1, 0.15) is 0 Å². The molecule has 2 amide bonds. The average molecular weight is 340 g/mol. The lowest BCUT2D eigenvalue weighted by Gasteiger charge is -2.24. The molecule has 0 atom stereocenters. The first-order chi connectivity index (χ1) is 12.1. The number of fused-ring (bicyclic) bond motifs is 1. The largest absolute Gasteiger partial charge is 0.493 e. The van der Waals surface area contributed by atoms with Crippen molar-refractivity contribution in [2.75, 3.05) is 27.9 Å². The van der Waals surface area contributed by atoms with E-state index in [0.29, 0.717) is 29.2 Å². The minimum absolute atomic E-state index is 0.201. The number of methoxy groups -OCH3 is 2. The van der Waals surface area contributed by atoms with E-state index in [9.17, 15) is 9.59 Å². The van der Waals surface area contributed by atoms with Gasteiger partial charge in [0.2, 0.25) is 0 Å². The van der Waals surface area contributed by atoms with Crippen LogP contribution < -0.4 is 9.47 Å². The van der Waals surface area contributed by atoms with Crippen molar-refractivity contribution >= 4 is 11.8 Å². The number of hydrogen-bond acceptors (Lipinski definition) is 5. The van der Waals surface area contributed by atoms with Gasteiger partial charge >= 0.3 is 0 Å². The fourth-order valence-electron chi connectivity index (χ4n) is 3.03. The minimum Gasteiger partial charge on any atom is -0.493 e. The summed E-state index contributed by atoms with van der Waals surface area (Å²) in [7, 11) is 5.03. The zero-order valence-electron chi connectivity index (χ0n) is 14.5. The first-order valence-corrected chi connectivity index (χ1v) is 7.90. The highest BCUT2D eigenvalue weighted by molar-refractivity contribution is 6.21. The fraction of sp³-hybridized carbons (Fsp3) is 0.263. The van der Waals surface area contributed by atoms with Gasteiger partial charge in [-0.15, -0.1) is 0 Å². The van der Waals surface area contributed by atoms with Crippen LogP contribution in [0.25, 0.3) is 0 Å². The molecule has 130 valence electrons. The molecule has 0 saturated heterocycles. The zero-order valence-corrected chi connectivity index (χ0v) is 14.5. The number of amides is 2. The van der Waals surface area contributed by atoms with Crippen molar-refractivity contribution in [2.45, 2.75) is 6.54 Å². The average Bonchev–Trinajstić information content (AvgIpc) is 2.86. The molecular weight excluding hydrogens is 320 g/mol. The molecule has 2 aromatic rings. The highest BCUT2D eigenvalue weighted by Gasteiger charge is 2.35. The molecule has 0 aliphatic carbocycles. The Morgan fingerprint density at radius 1 is 0.920 bits per heavy atom. The number of ether oxygens (including phenoxy) is 2. The van der Waals surface area contributed by atoms with Crippen LogP contribution >= 0.6 is 0 Å². The van der Waals surface area contributed by atoms with Gasteiger partial charge in [0, 0.05) is 12.1 Å². The summed E-state index contributed by atoms with van der Waals surface area (Å²) in [5, 5.41) is 0. The molecule has 2 aromatic carbocycles. The second-order valence-corrected chi connectivity index (χ2v) is 5.89. The Labute approximate surface area is 146 Å². The summed E-state index contributed by atoms with van der Waals surface area (Å²) in [5.74, 6) is 0.781. The quantitative estimate of drug-likeness (QED) is 0.756. The molecule has 1 aliphatic heterocycles. The Balaban J connectivity index is 1.75. The van der Waals surface area contributed by atoms with Crippen molar-refractivity contribution < 1.29 is 19.1 Å². The van der Waals surface area contributed by atoms with Gasteiger partial charge in [-0.1, -0.05) is 24.3 Å². The molecule has 0 aromatic heterocycles. The Kier molecular flexibility index (Phi) is 4.72. The molecule has 0 N–H and O–H groups in total. The van der Waals surface area contributed by atoms with Crippen LogP contribution in [0, 0.1) is 0 Å². The zero-order chi connectivity index (χ0) is 18.0. The van der Waals surface area contributed by atoms with Crippen molar-refractivity contribution in [3.8, 4) is 11.5 Å². The summed E-state index contributed by atoms with van der Waals surface area (Å²) in [4.78, 5) is 28.1. The van der Waals surface area contributed by atoms with E-state index in [2.05, 4.69) is 0 Å². The molecule has 3 rings (SSSR count). The van der Waals surface area contributed by atoms with E-state index >= 15 is 0 Å². The molecule has 6 nitrogen and oxygen atoms in total. The standard InChI is InChI=1S/C19H20N2O4/c1-20(11-13-7-6-10-16(24-2)17(13)25-3)12-21-18(22)14-8-4-5-9-15(14)19(21)23/h4-10H,11-12H2,1-3H3. The number of benzene rings is 2. The van der Waals surface area contributed by atoms with Crippen LogP contribution in [0.15, 0.2) is 42.5 Å². The van der Waals surface area contributed by atoms with E-state index in [0.717, 1.165) is 5.56 Å². The number of imide groups is 1. The van der Waals surface area contributed by atoms with Gasteiger partial charge in [-0.05, 0) is 25.2 Å². The third kappa shape index (κ3) is 3.08. The summed E-state index contributed by atoms with van der Waals surface area (Å²) < 4.78 is 10.7. The van der Waals surface area contributed by atoms with E-state index in [1.54, 1.807) is 38.5 Å². The van der Waals surface area contributed by atoms with Crippen LogP contribution in [0.3, 0.4) is 0 Å². The van der Waals surface area contributed by atoms with E-state index in [1.807, 2.05) is 30.1 Å². The normalized spacial score (nSPS) is 13.4. The topological polar surface area (TPSA) is 59.1 Å². The van der Waals surface area contributed by atoms with E-state index in [-0.39, 0.29) is 18.5 Å². The van der Waals surface area contributed by atoms with Crippen LogP contribution in [0.2, 0.25) is 0 Å². The monoisotopic (exact) mass is 340 g/mol. The maximum Gasteiger partial charge on any atom is 0.262 e. The summed E-state index contributed by atoms with van der Waals surface area (Å²) in [6, 6.07) is 12.5. The van der Waals surface area contributed by atoms with Crippen molar-refractivity contribution in [2.24, 2.45) is 0 Å². The SMILES string of the molecule is COc1cccc(CN(C)CN2C(=O)c3ccccc3C2=O)c1OC. The van der Waals surface area contributed by atoms with Crippen molar-refractivity contribution in [3.63, 3.8) is 0 Å². The molecule has 0 bridgehead atoms. The van der Waals surface area contributed by atoms with Gasteiger partial charge in [-0.3, -0.25) is 19.4 Å². The summed E-state index contributed by atoms with van der Waals surface area (Å²) in [6.45, 7) is 0.709. The van der Waals surface area contributed by atoms with Crippen LogP contribution in [-0.4, -0.2) is 49.6 Å². The minimum atomic E-state index is -0.259. The smallest absolute Gasteiger partial charge is 0.262 e. The number of carbonyl (C=O) groups excluding carboxylic acids is 2. The Bertz CT molecular complexity index is 784. The molecule has 0 unspecified atom stereocenters. The molecule has 1 aliphatic rings. The number of hydrogen-bond donors (Lipinski definition) is 0. The lowest BCUT2D eigenvalue weighted by molar-refractivity contribution is 0.0558. The van der Waals surface area contributed by atoms with Crippen molar-refractivity contribution in [3.05, 3.63) is 59.2 Å². The van der Waals surface area contributed by atoms with E-state index < -0.39 is 0 Å². The second kappa shape index (κ2) is 6.94. The van der Waals surface area contributed by atoms with Crippen molar-refractivity contribution in [1.29, 1.82) is 0 Å². The van der Waals surface area contributed by atoms with E-state index in [4.69, 9.17) is 9.47 Å². The van der Waals surface area contributed by atoms with Gasteiger partial charge in [0.25, 0.3) is 11.8 Å². The second-order valence-electron chi connectivity index (χ2n) is 5.89. The first-order valence-electron chi connectivity index (χ1n) is 7.90. The Morgan fingerprint density at radius 2 is 1.56 bits per heavy atom. The molecule has 1 heterocycles. The lowest BCUT2D eigenvalue weighted by atomic mass is 10.1. The maximum absolute atomic E-state index is 12.5. The fourth-order valence-corrected chi connectivity index (χ4v) is 3.03. The number of nitrogens with zero attached hydrogens (tertiary/aromatic N) is 2. The van der Waals surface area contributed by atoms with Crippen LogP contribution in [0.4, 0.5) is 0 Å². The lowest BCUT2D eigenvalue weighted by Crippen LogP contribution is -2.39. The molecule has 0 spiro atoms. The third-order valence-corrected chi connectivity index (χ3v) is 4.19. The summed E-state index contributed by atoms with van der Waals surface area (Å²) in [5.41, 5.74) is 1.83. The van der Waals surface area contributed by atoms with Gasteiger partial charge in [0.15, 0.2) is 11.5 Å². The van der Waals surface area contributed by atoms with Gasteiger partial charge < -0.3 is 9.47 Å². The Hall–Kier alpha value is -2.86. The first kappa shape index (κ1) is 17.0. The summed E-state index contributed by atoms with van der Waals surface area (Å²) in [6.07, 6.45) is 0. The molecule has 25 heavy (non-hydrogen) atoms. The summed E-state index contributed by atoms with van der Waals surface area (Å²) >= 11 is 0. The van der Waals surface area contributed by atoms with Crippen LogP contribution in [0.5, 0.6) is 11.5 Å². The maximum atomic E-state index is 12.5. The highest BCUT2D eigenvalue weighted by atomic mass is 16.5. The third-order valence-electron chi connectivity index (χ3n) is 4.19. The number of carbonyl (C=O) groups is 2. The van der Waals surface area contributed by atoms with Gasteiger partial charge in [-0.2, -0.15) is 0 Å². The van der Waals surface area contributed by atoms with Gasteiger partial charge in [-0.25, -0.2) is 0 Å². The van der Waals surface area contributed by atoms with Crippen LogP contribution in [0.1, 0.15) is 26.3 Å². The Morgan fingerprint density at radius 3 is 2.12 bits per heavy atom.